The van der Waals surface area contributed by atoms with Crippen molar-refractivity contribution in [2.45, 2.75) is 6.61 Å². The van der Waals surface area contributed by atoms with Crippen LogP contribution in [0, 0.1) is 0 Å². The molecule has 0 radical (unpaired) electrons. The number of hydrogen-bond donors (Lipinski definition) is 2. The van der Waals surface area contributed by atoms with E-state index < -0.39 is 11.8 Å². The molecule has 6 heteroatoms. The van der Waals surface area contributed by atoms with Crippen LogP contribution in [0.3, 0.4) is 0 Å². The van der Waals surface area contributed by atoms with Crippen molar-refractivity contribution < 1.29 is 14.3 Å². The highest BCUT2D eigenvalue weighted by Gasteiger charge is 2.13. The van der Waals surface area contributed by atoms with Gasteiger partial charge in [-0.3, -0.25) is 25.4 Å². The highest BCUT2D eigenvalue weighted by Crippen LogP contribution is 2.19. The molecule has 2 amide bonds. The minimum Gasteiger partial charge on any atom is -0.488 e. The van der Waals surface area contributed by atoms with Crippen molar-refractivity contribution in [2.24, 2.45) is 0 Å². The highest BCUT2D eigenvalue weighted by molar-refractivity contribution is 6.00. The van der Waals surface area contributed by atoms with Gasteiger partial charge in [-0.25, -0.2) is 0 Å². The topological polar surface area (TPSA) is 80.3 Å². The number of carbonyl (C=O) groups is 2. The largest absolute Gasteiger partial charge is 0.488 e. The molecule has 26 heavy (non-hydrogen) atoms. The van der Waals surface area contributed by atoms with E-state index in [-0.39, 0.29) is 0 Å². The van der Waals surface area contributed by atoms with Crippen molar-refractivity contribution >= 4 is 11.8 Å². The normalized spacial score (nSPS) is 10.0. The molecule has 1 aromatic heterocycles. The molecule has 0 atom stereocenters. The summed E-state index contributed by atoms with van der Waals surface area (Å²) >= 11 is 0. The molecule has 0 fully saturated rings. The standard InChI is InChI=1S/C20H17N3O3/c24-19(16-9-6-12-21-13-16)22-23-20(25)17-10-4-5-11-18(17)26-14-15-7-2-1-3-8-15/h1-13H,14H2,(H,22,24)(H,23,25). The number of hydrazine groups is 1. The fourth-order valence-corrected chi connectivity index (χ4v) is 2.27. The summed E-state index contributed by atoms with van der Waals surface area (Å²) in [5.74, 6) is -0.482. The zero-order valence-corrected chi connectivity index (χ0v) is 13.9. The Morgan fingerprint density at radius 2 is 1.58 bits per heavy atom. The van der Waals surface area contributed by atoms with E-state index >= 15 is 0 Å². The first kappa shape index (κ1) is 17.2. The van der Waals surface area contributed by atoms with E-state index in [0.717, 1.165) is 5.56 Å². The van der Waals surface area contributed by atoms with Gasteiger partial charge in [0.15, 0.2) is 0 Å². The Bertz CT molecular complexity index is 883. The molecule has 0 unspecified atom stereocenters. The lowest BCUT2D eigenvalue weighted by molar-refractivity contribution is 0.0844. The molecule has 130 valence electrons. The zero-order chi connectivity index (χ0) is 18.2. The van der Waals surface area contributed by atoms with E-state index in [9.17, 15) is 9.59 Å². The average molecular weight is 347 g/mol. The third-order valence-electron chi connectivity index (χ3n) is 3.58. The third kappa shape index (κ3) is 4.45. The molecule has 6 nitrogen and oxygen atoms in total. The monoisotopic (exact) mass is 347 g/mol. The molecule has 3 rings (SSSR count). The minimum absolute atomic E-state index is 0.329. The first-order chi connectivity index (χ1) is 12.7. The zero-order valence-electron chi connectivity index (χ0n) is 13.9. The Labute approximate surface area is 150 Å². The Hall–Kier alpha value is -3.67. The van der Waals surface area contributed by atoms with Crippen LogP contribution in [0.25, 0.3) is 0 Å². The van der Waals surface area contributed by atoms with Crippen LogP contribution < -0.4 is 15.6 Å². The van der Waals surface area contributed by atoms with Gasteiger partial charge in [0.1, 0.15) is 12.4 Å². The molecule has 0 aliphatic rings. The van der Waals surface area contributed by atoms with Crippen molar-refractivity contribution in [3.63, 3.8) is 0 Å². The first-order valence-electron chi connectivity index (χ1n) is 8.00. The van der Waals surface area contributed by atoms with Gasteiger partial charge in [-0.2, -0.15) is 0 Å². The van der Waals surface area contributed by atoms with Crippen molar-refractivity contribution in [3.8, 4) is 5.75 Å². The molecule has 0 saturated heterocycles. The van der Waals surface area contributed by atoms with E-state index in [4.69, 9.17) is 4.74 Å². The fourth-order valence-electron chi connectivity index (χ4n) is 2.27. The molecule has 0 aliphatic carbocycles. The predicted molar refractivity (Wildman–Crippen MR) is 96.4 cm³/mol. The molecule has 2 aromatic carbocycles. The van der Waals surface area contributed by atoms with Crippen molar-refractivity contribution in [3.05, 3.63) is 95.8 Å². The quantitative estimate of drug-likeness (QED) is 0.696. The highest BCUT2D eigenvalue weighted by atomic mass is 16.5. The van der Waals surface area contributed by atoms with Crippen LogP contribution in [0.15, 0.2) is 79.1 Å². The molecule has 0 spiro atoms. The molecule has 0 saturated carbocycles. The van der Waals surface area contributed by atoms with Crippen LogP contribution in [0.4, 0.5) is 0 Å². The van der Waals surface area contributed by atoms with Gasteiger partial charge in [-0.1, -0.05) is 42.5 Å². The summed E-state index contributed by atoms with van der Waals surface area (Å²) in [5, 5.41) is 0. The van der Waals surface area contributed by atoms with Crippen LogP contribution in [-0.2, 0) is 6.61 Å². The Kier molecular flexibility index (Phi) is 5.57. The lowest BCUT2D eigenvalue weighted by Crippen LogP contribution is -2.41. The number of hydrogen-bond acceptors (Lipinski definition) is 4. The maximum Gasteiger partial charge on any atom is 0.273 e. The van der Waals surface area contributed by atoms with E-state index in [0.29, 0.717) is 23.5 Å². The van der Waals surface area contributed by atoms with Crippen LogP contribution in [0.5, 0.6) is 5.75 Å². The second kappa shape index (κ2) is 8.43. The molecular weight excluding hydrogens is 330 g/mol. The van der Waals surface area contributed by atoms with E-state index in [1.165, 1.54) is 6.20 Å². The van der Waals surface area contributed by atoms with Crippen LogP contribution in [0.1, 0.15) is 26.3 Å². The van der Waals surface area contributed by atoms with Crippen LogP contribution in [-0.4, -0.2) is 16.8 Å². The Morgan fingerprint density at radius 3 is 2.35 bits per heavy atom. The molecule has 2 N–H and O–H groups in total. The summed E-state index contributed by atoms with van der Waals surface area (Å²) in [7, 11) is 0. The minimum atomic E-state index is -0.467. The van der Waals surface area contributed by atoms with Crippen molar-refractivity contribution in [1.82, 2.24) is 15.8 Å². The summed E-state index contributed by atoms with van der Waals surface area (Å²) < 4.78 is 5.75. The number of nitrogens with zero attached hydrogens (tertiary/aromatic N) is 1. The SMILES string of the molecule is O=C(NNC(=O)c1ccccc1OCc1ccccc1)c1cccnc1. The number of pyridine rings is 1. The molecule has 3 aromatic rings. The average Bonchev–Trinajstić information content (AvgIpc) is 2.72. The van der Waals surface area contributed by atoms with Gasteiger partial charge in [-0.05, 0) is 29.8 Å². The summed E-state index contributed by atoms with van der Waals surface area (Å²) in [6.07, 6.45) is 2.98. The summed E-state index contributed by atoms with van der Waals surface area (Å²) in [4.78, 5) is 28.2. The lowest BCUT2D eigenvalue weighted by atomic mass is 10.2. The van der Waals surface area contributed by atoms with Gasteiger partial charge in [0.05, 0.1) is 11.1 Å². The molecule has 0 bridgehead atoms. The van der Waals surface area contributed by atoms with Gasteiger partial charge in [0.2, 0.25) is 0 Å². The van der Waals surface area contributed by atoms with Gasteiger partial charge < -0.3 is 4.74 Å². The number of ether oxygens (including phenoxy) is 1. The lowest BCUT2D eigenvalue weighted by Gasteiger charge is -2.12. The van der Waals surface area contributed by atoms with E-state index in [1.807, 2.05) is 30.3 Å². The van der Waals surface area contributed by atoms with Crippen LogP contribution >= 0.6 is 0 Å². The van der Waals surface area contributed by atoms with Gasteiger partial charge in [0, 0.05) is 12.4 Å². The molecular formula is C20H17N3O3. The summed E-state index contributed by atoms with van der Waals surface area (Å²) in [6, 6.07) is 19.8. The third-order valence-corrected chi connectivity index (χ3v) is 3.58. The number of amides is 2. The Morgan fingerprint density at radius 1 is 0.846 bits per heavy atom. The molecule has 1 heterocycles. The smallest absolute Gasteiger partial charge is 0.273 e. The number of carbonyl (C=O) groups excluding carboxylic acids is 2. The number of nitrogens with one attached hydrogen (secondary N) is 2. The number of aromatic nitrogens is 1. The predicted octanol–water partition coefficient (Wildman–Crippen LogP) is 2.74. The van der Waals surface area contributed by atoms with Gasteiger partial charge in [0.25, 0.3) is 11.8 Å². The summed E-state index contributed by atoms with van der Waals surface area (Å²) in [6.45, 7) is 0.340. The second-order valence-electron chi connectivity index (χ2n) is 5.42. The van der Waals surface area contributed by atoms with Gasteiger partial charge in [-0.15, -0.1) is 0 Å². The fraction of sp³-hybridized carbons (Fsp3) is 0.0500. The number of rotatable bonds is 5. The maximum absolute atomic E-state index is 12.4. The first-order valence-corrected chi connectivity index (χ1v) is 8.00. The Balaban J connectivity index is 1.63. The summed E-state index contributed by atoms with van der Waals surface area (Å²) in [5.41, 5.74) is 6.42. The number of benzene rings is 2. The van der Waals surface area contributed by atoms with Crippen LogP contribution in [0.2, 0.25) is 0 Å². The van der Waals surface area contributed by atoms with Crippen molar-refractivity contribution in [2.75, 3.05) is 0 Å². The maximum atomic E-state index is 12.4. The van der Waals surface area contributed by atoms with Gasteiger partial charge >= 0.3 is 0 Å². The van der Waals surface area contributed by atoms with E-state index in [2.05, 4.69) is 15.8 Å². The second-order valence-corrected chi connectivity index (χ2v) is 5.42. The van der Waals surface area contributed by atoms with E-state index in [1.54, 1.807) is 42.6 Å². The molecule has 0 aliphatic heterocycles. The van der Waals surface area contributed by atoms with Crippen molar-refractivity contribution in [1.29, 1.82) is 0 Å². The number of para-hydroxylation sites is 1.